The summed E-state index contributed by atoms with van der Waals surface area (Å²) in [5, 5.41) is 8.51. The number of carboxylic acids is 1. The second kappa shape index (κ2) is 17.5. The van der Waals surface area contributed by atoms with Crippen molar-refractivity contribution in [3.63, 3.8) is 0 Å². The molecule has 0 rings (SSSR count). The number of allylic oxidation sites excluding steroid dienone is 8. The first kappa shape index (κ1) is 12.9. The van der Waals surface area contributed by atoms with Gasteiger partial charge in [-0.3, -0.25) is 4.79 Å². The topological polar surface area (TPSA) is 37.3 Å². The van der Waals surface area contributed by atoms with Crippen molar-refractivity contribution in [3.8, 4) is 0 Å². The molecule has 0 saturated carbocycles. The van der Waals surface area contributed by atoms with Gasteiger partial charge in [0, 0.05) is 13.3 Å². The SMILES string of the molecule is [2H]C([2H])([2H])C([2H])([2H])CCC/C=C/C/C=C/C/C=C/C/C=C/CCCC(=O)O. The molecule has 2 nitrogen and oxygen atoms in total. The lowest BCUT2D eigenvalue weighted by Gasteiger charge is -1.90. The van der Waals surface area contributed by atoms with E-state index in [0.717, 1.165) is 25.7 Å². The quantitative estimate of drug-likeness (QED) is 0.305. The summed E-state index contributed by atoms with van der Waals surface area (Å²) in [6, 6.07) is 0. The van der Waals surface area contributed by atoms with Gasteiger partial charge < -0.3 is 5.11 Å². The largest absolute Gasteiger partial charge is 0.481 e. The molecule has 0 aromatic heterocycles. The van der Waals surface area contributed by atoms with Crippen LogP contribution >= 0.6 is 0 Å². The summed E-state index contributed by atoms with van der Waals surface area (Å²) in [7, 11) is 0. The average Bonchev–Trinajstić information content (AvgIpc) is 2.56. The van der Waals surface area contributed by atoms with Crippen molar-refractivity contribution in [1.29, 1.82) is 0 Å². The smallest absolute Gasteiger partial charge is 0.303 e. The van der Waals surface area contributed by atoms with Gasteiger partial charge in [0.1, 0.15) is 0 Å². The maximum Gasteiger partial charge on any atom is 0.303 e. The van der Waals surface area contributed by atoms with E-state index in [1.807, 2.05) is 24.3 Å². The number of hydrogen-bond donors (Lipinski definition) is 1. The third-order valence-corrected chi connectivity index (χ3v) is 2.92. The molecule has 2 heteroatoms. The molecule has 0 amide bonds. The van der Waals surface area contributed by atoms with Crippen LogP contribution in [0.1, 0.15) is 77.9 Å². The molecular formula is C20H32O2. The molecule has 0 aliphatic heterocycles. The van der Waals surface area contributed by atoms with Crippen LogP contribution in [0.3, 0.4) is 0 Å². The Bertz CT molecular complexity index is 517. The van der Waals surface area contributed by atoms with Gasteiger partial charge in [-0.1, -0.05) is 68.3 Å². The Kier molecular flexibility index (Phi) is 10.3. The fraction of sp³-hybridized carbons (Fsp3) is 0.550. The highest BCUT2D eigenvalue weighted by atomic mass is 16.4. The van der Waals surface area contributed by atoms with Gasteiger partial charge in [-0.2, -0.15) is 0 Å². The standard InChI is InChI=1S/C20H32O2/c1-2-3-4-5-6-7-8-9-10-11-12-13-14-15-16-17-18-19-20(21)22/h6-7,9-10,12-13,15-16H,2-5,8,11,14,17-19H2,1H3,(H,21,22)/b7-6+,10-9+,13-12+,16-15+/i1D3,2D2. The van der Waals surface area contributed by atoms with E-state index >= 15 is 0 Å². The van der Waals surface area contributed by atoms with Crippen molar-refractivity contribution in [2.45, 2.75) is 71.0 Å². The van der Waals surface area contributed by atoms with E-state index in [-0.39, 0.29) is 12.8 Å². The third kappa shape index (κ3) is 18.4. The lowest BCUT2D eigenvalue weighted by Crippen LogP contribution is -1.92. The lowest BCUT2D eigenvalue weighted by atomic mass is 10.2. The van der Waals surface area contributed by atoms with Crippen molar-refractivity contribution in [2.24, 2.45) is 0 Å². The summed E-state index contributed by atoms with van der Waals surface area (Å²) >= 11 is 0. The van der Waals surface area contributed by atoms with Gasteiger partial charge in [0.25, 0.3) is 0 Å². The zero-order valence-electron chi connectivity index (χ0n) is 18.3. The lowest BCUT2D eigenvalue weighted by molar-refractivity contribution is -0.137. The molecule has 0 aliphatic rings. The van der Waals surface area contributed by atoms with Gasteiger partial charge in [-0.15, -0.1) is 0 Å². The zero-order chi connectivity index (χ0) is 20.6. The minimum absolute atomic E-state index is 0.0441. The molecule has 0 heterocycles. The average molecular weight is 310 g/mol. The highest BCUT2D eigenvalue weighted by Crippen LogP contribution is 2.01. The zero-order valence-corrected chi connectivity index (χ0v) is 13.3. The molecule has 0 spiro atoms. The van der Waals surface area contributed by atoms with Gasteiger partial charge in [-0.05, 0) is 44.9 Å². The van der Waals surface area contributed by atoms with Crippen molar-refractivity contribution in [3.05, 3.63) is 48.6 Å². The van der Waals surface area contributed by atoms with E-state index in [1.165, 1.54) is 0 Å². The van der Waals surface area contributed by atoms with Crippen LogP contribution in [0.2, 0.25) is 0 Å². The number of hydrogen-bond acceptors (Lipinski definition) is 1. The predicted octanol–water partition coefficient (Wildman–Crippen LogP) is 6.22. The van der Waals surface area contributed by atoms with E-state index in [4.69, 9.17) is 12.0 Å². The fourth-order valence-electron chi connectivity index (χ4n) is 1.73. The van der Waals surface area contributed by atoms with Crippen LogP contribution in [0.25, 0.3) is 0 Å². The Hall–Kier alpha value is -1.57. The number of rotatable bonds is 14. The van der Waals surface area contributed by atoms with Crippen LogP contribution in [0.4, 0.5) is 0 Å². The van der Waals surface area contributed by atoms with Gasteiger partial charge in [0.15, 0.2) is 0 Å². The Balaban J connectivity index is 3.65. The van der Waals surface area contributed by atoms with Crippen molar-refractivity contribution < 1.29 is 16.8 Å². The van der Waals surface area contributed by atoms with Crippen molar-refractivity contribution in [1.82, 2.24) is 0 Å². The van der Waals surface area contributed by atoms with E-state index in [2.05, 4.69) is 24.3 Å². The van der Waals surface area contributed by atoms with E-state index in [0.29, 0.717) is 19.3 Å². The first-order chi connectivity index (χ1) is 12.7. The first-order valence-corrected chi connectivity index (χ1v) is 7.98. The van der Waals surface area contributed by atoms with E-state index in [9.17, 15) is 4.79 Å². The molecule has 0 fully saturated rings. The summed E-state index contributed by atoms with van der Waals surface area (Å²) in [5.74, 6) is -0.749. The molecule has 0 unspecified atom stereocenters. The highest BCUT2D eigenvalue weighted by Gasteiger charge is 1.92. The maximum atomic E-state index is 10.3. The van der Waals surface area contributed by atoms with Crippen molar-refractivity contribution in [2.75, 3.05) is 0 Å². The Labute approximate surface area is 143 Å². The Morgan fingerprint density at radius 2 is 1.36 bits per heavy atom. The van der Waals surface area contributed by atoms with Gasteiger partial charge in [0.05, 0.1) is 0 Å². The molecule has 0 bridgehead atoms. The summed E-state index contributed by atoms with van der Waals surface area (Å²) in [6.07, 6.45) is 19.7. The molecule has 0 atom stereocenters. The fourth-order valence-corrected chi connectivity index (χ4v) is 1.73. The number of carboxylic acid groups (broad SMARTS) is 1. The molecule has 0 radical (unpaired) electrons. The van der Waals surface area contributed by atoms with Crippen LogP contribution in [0, 0.1) is 0 Å². The Morgan fingerprint density at radius 1 is 0.864 bits per heavy atom. The van der Waals surface area contributed by atoms with E-state index < -0.39 is 19.2 Å². The molecule has 0 aromatic carbocycles. The number of aliphatic carboxylic acids is 1. The molecule has 1 N–H and O–H groups in total. The molecular weight excluding hydrogens is 272 g/mol. The molecule has 124 valence electrons. The van der Waals surface area contributed by atoms with E-state index in [1.54, 1.807) is 0 Å². The second-order valence-electron chi connectivity index (χ2n) is 4.95. The van der Waals surface area contributed by atoms with Crippen LogP contribution in [-0.4, -0.2) is 11.1 Å². The minimum atomic E-state index is -2.55. The van der Waals surface area contributed by atoms with Gasteiger partial charge >= 0.3 is 5.97 Å². The molecule has 0 saturated heterocycles. The van der Waals surface area contributed by atoms with Gasteiger partial charge in [0.2, 0.25) is 0 Å². The Morgan fingerprint density at radius 3 is 1.86 bits per heavy atom. The van der Waals surface area contributed by atoms with Crippen LogP contribution in [0.5, 0.6) is 0 Å². The highest BCUT2D eigenvalue weighted by molar-refractivity contribution is 5.66. The summed E-state index contributed by atoms with van der Waals surface area (Å²) < 4.78 is 36.5. The number of unbranched alkanes of at least 4 members (excludes halogenated alkanes) is 2. The third-order valence-electron chi connectivity index (χ3n) is 2.92. The maximum absolute atomic E-state index is 10.3. The first-order valence-electron chi connectivity index (χ1n) is 10.5. The van der Waals surface area contributed by atoms with Crippen molar-refractivity contribution >= 4 is 5.97 Å². The van der Waals surface area contributed by atoms with Crippen LogP contribution in [0.15, 0.2) is 48.6 Å². The normalized spacial score (nSPS) is 17.0. The molecule has 0 aliphatic carbocycles. The monoisotopic (exact) mass is 309 g/mol. The minimum Gasteiger partial charge on any atom is -0.481 e. The second-order valence-corrected chi connectivity index (χ2v) is 4.95. The molecule has 0 aromatic rings. The van der Waals surface area contributed by atoms with Gasteiger partial charge in [-0.25, -0.2) is 0 Å². The van der Waals surface area contributed by atoms with Crippen LogP contribution in [-0.2, 0) is 4.79 Å². The summed E-state index contributed by atoms with van der Waals surface area (Å²) in [5.41, 5.74) is 0. The summed E-state index contributed by atoms with van der Waals surface area (Å²) in [6.45, 7) is -2.55. The molecule has 22 heavy (non-hydrogen) atoms. The summed E-state index contributed by atoms with van der Waals surface area (Å²) in [4.78, 5) is 10.3. The predicted molar refractivity (Wildman–Crippen MR) is 96.0 cm³/mol. The van der Waals surface area contributed by atoms with Crippen LogP contribution < -0.4 is 0 Å². The number of carbonyl (C=O) groups is 1.